The molecule has 1 fully saturated rings. The van der Waals surface area contributed by atoms with Crippen LogP contribution in [0.2, 0.25) is 0 Å². The highest BCUT2D eigenvalue weighted by molar-refractivity contribution is 7.87. The van der Waals surface area contributed by atoms with Gasteiger partial charge < -0.3 is 14.0 Å². The molecule has 0 spiro atoms. The Labute approximate surface area is 222 Å². The average Bonchev–Trinajstić information content (AvgIpc) is 3.74. The Morgan fingerprint density at radius 2 is 1.79 bits per heavy atom. The van der Waals surface area contributed by atoms with Gasteiger partial charge >= 0.3 is 16.1 Å². The van der Waals surface area contributed by atoms with Crippen molar-refractivity contribution in [3.63, 3.8) is 0 Å². The Bertz CT molecular complexity index is 1470. The summed E-state index contributed by atoms with van der Waals surface area (Å²) in [6, 6.07) is 17.1. The number of benzene rings is 3. The molecule has 38 heavy (non-hydrogen) atoms. The lowest BCUT2D eigenvalue weighted by Gasteiger charge is -2.29. The summed E-state index contributed by atoms with van der Waals surface area (Å²) in [5, 5.41) is 9.63. The number of carboxylic acids is 1. The first-order valence-electron chi connectivity index (χ1n) is 12.8. The number of carbonyl (C=O) groups is 2. The zero-order valence-corrected chi connectivity index (χ0v) is 22.1. The van der Waals surface area contributed by atoms with E-state index in [1.807, 2.05) is 25.1 Å². The van der Waals surface area contributed by atoms with E-state index in [2.05, 4.69) is 0 Å². The molecule has 5 rings (SSSR count). The predicted octanol–water partition coefficient (Wildman–Crippen LogP) is 5.86. The third-order valence-electron chi connectivity index (χ3n) is 7.52. The minimum Gasteiger partial charge on any atom is -0.485 e. The van der Waals surface area contributed by atoms with Crippen LogP contribution in [0.1, 0.15) is 70.8 Å². The van der Waals surface area contributed by atoms with Crippen molar-refractivity contribution < 1.29 is 32.0 Å². The van der Waals surface area contributed by atoms with Gasteiger partial charge in [-0.15, -0.1) is 0 Å². The van der Waals surface area contributed by atoms with Crippen molar-refractivity contribution >= 4 is 22.4 Å². The van der Waals surface area contributed by atoms with E-state index >= 15 is 0 Å². The van der Waals surface area contributed by atoms with Gasteiger partial charge in [0.05, 0.1) is 11.5 Å². The van der Waals surface area contributed by atoms with Crippen LogP contribution in [0.4, 0.5) is 0 Å². The molecule has 2 aliphatic rings. The fourth-order valence-corrected chi connectivity index (χ4v) is 6.17. The van der Waals surface area contributed by atoms with Crippen LogP contribution in [0.15, 0.2) is 65.6 Å². The number of carbonyl (C=O) groups excluding carboxylic acids is 1. The highest BCUT2D eigenvalue weighted by Crippen LogP contribution is 2.48. The Morgan fingerprint density at radius 1 is 1.05 bits per heavy atom. The van der Waals surface area contributed by atoms with Gasteiger partial charge in [-0.05, 0) is 91.5 Å². The molecular weight excluding hydrogens is 504 g/mol. The smallest absolute Gasteiger partial charge is 0.339 e. The van der Waals surface area contributed by atoms with Gasteiger partial charge in [-0.1, -0.05) is 42.8 Å². The third-order valence-corrected chi connectivity index (χ3v) is 8.77. The van der Waals surface area contributed by atoms with E-state index in [0.717, 1.165) is 47.3 Å². The largest absolute Gasteiger partial charge is 0.485 e. The van der Waals surface area contributed by atoms with E-state index in [1.165, 1.54) is 18.2 Å². The average molecular weight is 535 g/mol. The molecule has 0 unspecified atom stereocenters. The number of carboxylic acid groups (broad SMARTS) is 1. The van der Waals surface area contributed by atoms with Crippen LogP contribution in [0.3, 0.4) is 0 Å². The van der Waals surface area contributed by atoms with Gasteiger partial charge in [0.2, 0.25) is 0 Å². The maximum Gasteiger partial charge on any atom is 0.339 e. The molecule has 0 aromatic heterocycles. The van der Waals surface area contributed by atoms with Crippen molar-refractivity contribution in [2.75, 3.05) is 0 Å². The summed E-state index contributed by atoms with van der Waals surface area (Å²) in [7, 11) is -4.10. The number of rotatable bonds is 9. The molecule has 0 saturated heterocycles. The number of hydrogen-bond acceptors (Lipinski definition) is 6. The summed E-state index contributed by atoms with van der Waals surface area (Å²) in [4.78, 5) is 23.6. The first-order valence-corrected chi connectivity index (χ1v) is 14.2. The highest BCUT2D eigenvalue weighted by atomic mass is 32.2. The van der Waals surface area contributed by atoms with Gasteiger partial charge in [0.25, 0.3) is 0 Å². The molecule has 3 aromatic rings. The maximum atomic E-state index is 12.7. The van der Waals surface area contributed by atoms with E-state index in [4.69, 9.17) is 8.92 Å². The van der Waals surface area contributed by atoms with Gasteiger partial charge in [0.15, 0.2) is 12.0 Å². The van der Waals surface area contributed by atoms with E-state index in [0.29, 0.717) is 18.6 Å². The third kappa shape index (κ3) is 5.31. The highest BCUT2D eigenvalue weighted by Gasteiger charge is 2.39. The van der Waals surface area contributed by atoms with Crippen molar-refractivity contribution in [3.05, 3.63) is 88.5 Å². The quantitative estimate of drug-likeness (QED) is 0.271. The maximum absolute atomic E-state index is 12.7. The summed E-state index contributed by atoms with van der Waals surface area (Å²) in [5.41, 5.74) is 3.80. The zero-order chi connectivity index (χ0) is 27.0. The molecule has 1 N–H and O–H groups in total. The van der Waals surface area contributed by atoms with Gasteiger partial charge in [0, 0.05) is 0 Å². The van der Waals surface area contributed by atoms with Crippen LogP contribution in [-0.2, 0) is 21.3 Å². The fourth-order valence-electron chi connectivity index (χ4n) is 5.21. The summed E-state index contributed by atoms with van der Waals surface area (Å²) in [5.74, 6) is -0.298. The topological polar surface area (TPSA) is 107 Å². The predicted molar refractivity (Wildman–Crippen MR) is 141 cm³/mol. The van der Waals surface area contributed by atoms with Crippen molar-refractivity contribution in [2.24, 2.45) is 11.8 Å². The molecule has 7 nitrogen and oxygen atoms in total. The lowest BCUT2D eigenvalue weighted by Crippen LogP contribution is -2.21. The Hall–Kier alpha value is -3.65. The molecule has 1 saturated carbocycles. The number of aliphatic carboxylic acids is 1. The summed E-state index contributed by atoms with van der Waals surface area (Å²) in [6.07, 6.45) is 3.75. The first kappa shape index (κ1) is 26.0. The molecular formula is C30H30O7S. The molecule has 1 heterocycles. The van der Waals surface area contributed by atoms with Crippen LogP contribution in [0.5, 0.6) is 11.5 Å². The first-order chi connectivity index (χ1) is 18.2. The van der Waals surface area contributed by atoms with Crippen LogP contribution < -0.4 is 8.92 Å². The van der Waals surface area contributed by atoms with Crippen LogP contribution >= 0.6 is 0 Å². The SMILES string of the molecule is Cc1ccc(S(=O)(=O)Oc2ccc([C@@H]3CCc4ccc([C@H](C5CC5)[C@H](C)C(=O)O)cc4O3)cc2C=O)cc1. The van der Waals surface area contributed by atoms with E-state index in [9.17, 15) is 23.1 Å². The molecule has 3 atom stereocenters. The Balaban J connectivity index is 1.38. The van der Waals surface area contributed by atoms with E-state index < -0.39 is 22.0 Å². The van der Waals surface area contributed by atoms with Crippen LogP contribution in [0.25, 0.3) is 0 Å². The lowest BCUT2D eigenvalue weighted by atomic mass is 9.82. The second-order valence-corrected chi connectivity index (χ2v) is 11.8. The molecule has 0 amide bonds. The van der Waals surface area contributed by atoms with Gasteiger partial charge in [-0.3, -0.25) is 9.59 Å². The Morgan fingerprint density at radius 3 is 2.45 bits per heavy atom. The Kier molecular flexibility index (Phi) is 7.01. The second-order valence-electron chi connectivity index (χ2n) is 10.3. The van der Waals surface area contributed by atoms with Crippen LogP contribution in [-0.4, -0.2) is 25.8 Å². The monoisotopic (exact) mass is 534 g/mol. The number of hydrogen-bond donors (Lipinski definition) is 1. The zero-order valence-electron chi connectivity index (χ0n) is 21.3. The molecule has 8 heteroatoms. The van der Waals surface area contributed by atoms with Crippen molar-refractivity contribution in [1.82, 2.24) is 0 Å². The van der Waals surface area contributed by atoms with Crippen molar-refractivity contribution in [3.8, 4) is 11.5 Å². The summed E-state index contributed by atoms with van der Waals surface area (Å²) < 4.78 is 37.1. The molecule has 198 valence electrons. The minimum absolute atomic E-state index is 0.00812. The fraction of sp³-hybridized carbons (Fsp3) is 0.333. The van der Waals surface area contributed by atoms with E-state index in [-0.39, 0.29) is 28.2 Å². The lowest BCUT2D eigenvalue weighted by molar-refractivity contribution is -0.142. The normalized spacial score (nSPS) is 18.5. The van der Waals surface area contributed by atoms with Crippen LogP contribution in [0, 0.1) is 18.8 Å². The summed E-state index contributed by atoms with van der Waals surface area (Å²) >= 11 is 0. The number of ether oxygens (including phenoxy) is 1. The molecule has 1 aliphatic carbocycles. The summed E-state index contributed by atoms with van der Waals surface area (Å²) in [6.45, 7) is 3.62. The molecule has 0 bridgehead atoms. The second kappa shape index (κ2) is 10.3. The van der Waals surface area contributed by atoms with E-state index in [1.54, 1.807) is 31.2 Å². The molecule has 3 aromatic carbocycles. The van der Waals surface area contributed by atoms with Gasteiger partial charge in [-0.2, -0.15) is 8.42 Å². The minimum atomic E-state index is -4.10. The van der Waals surface area contributed by atoms with Gasteiger partial charge in [-0.25, -0.2) is 0 Å². The number of aldehydes is 1. The standard InChI is InChI=1S/C30H30O7S/c1-18-3-11-25(12-4-18)38(34,35)37-27-14-10-22(15-24(27)17-31)26-13-9-20-5-8-23(16-28(20)36-26)29(21-6-7-21)19(2)30(32)33/h3-5,8,10-12,14-17,19,21,26,29H,6-7,9,13H2,1-2H3,(H,32,33)/t19-,26-,29-/m0/s1. The molecule has 1 aliphatic heterocycles. The van der Waals surface area contributed by atoms with Gasteiger partial charge in [0.1, 0.15) is 16.7 Å². The number of aryl methyl sites for hydroxylation is 2. The van der Waals surface area contributed by atoms with Crippen molar-refractivity contribution in [2.45, 2.75) is 56.4 Å². The number of fused-ring (bicyclic) bond motifs is 1. The van der Waals surface area contributed by atoms with Crippen molar-refractivity contribution in [1.29, 1.82) is 0 Å². The molecule has 0 radical (unpaired) electrons.